The summed E-state index contributed by atoms with van der Waals surface area (Å²) in [4.78, 5) is 4.97. The van der Waals surface area contributed by atoms with Crippen molar-refractivity contribution in [2.24, 2.45) is 0 Å². The van der Waals surface area contributed by atoms with Crippen LogP contribution in [0.1, 0.15) is 39.1 Å². The molecular weight excluding hydrogens is 302 g/mol. The highest BCUT2D eigenvalue weighted by Crippen LogP contribution is 2.37. The van der Waals surface area contributed by atoms with Gasteiger partial charge in [0.2, 0.25) is 0 Å². The lowest BCUT2D eigenvalue weighted by atomic mass is 9.86. The Labute approximate surface area is 151 Å². The second kappa shape index (κ2) is 6.48. The molecule has 1 aromatic heterocycles. The van der Waals surface area contributed by atoms with E-state index in [0.717, 1.165) is 11.4 Å². The maximum atomic E-state index is 4.97. The van der Waals surface area contributed by atoms with Gasteiger partial charge in [-0.1, -0.05) is 30.3 Å². The molecule has 3 rings (SSSR count). The number of rotatable bonds is 2. The van der Waals surface area contributed by atoms with Crippen molar-refractivity contribution in [1.82, 2.24) is 4.98 Å². The average Bonchev–Trinajstić information content (AvgIpc) is 2.61. The van der Waals surface area contributed by atoms with Gasteiger partial charge in [-0.2, -0.15) is 0 Å². The van der Waals surface area contributed by atoms with Gasteiger partial charge < -0.3 is 0 Å². The smallest absolute Gasteiger partial charge is 0.0740 e. The second-order valence-electron chi connectivity index (χ2n) is 7.15. The van der Waals surface area contributed by atoms with E-state index in [1.54, 1.807) is 0 Å². The van der Waals surface area contributed by atoms with Crippen LogP contribution in [0.2, 0.25) is 0 Å². The molecule has 0 unspecified atom stereocenters. The predicted octanol–water partition coefficient (Wildman–Crippen LogP) is 6.57. The zero-order chi connectivity index (χ0) is 18.3. The van der Waals surface area contributed by atoms with Crippen molar-refractivity contribution in [2.75, 3.05) is 0 Å². The summed E-state index contributed by atoms with van der Waals surface area (Å²) >= 11 is 0. The zero-order valence-corrected chi connectivity index (χ0v) is 16.4. The van der Waals surface area contributed by atoms with Gasteiger partial charge in [0.25, 0.3) is 0 Å². The Morgan fingerprint density at radius 3 is 1.92 bits per heavy atom. The molecule has 0 fully saturated rings. The van der Waals surface area contributed by atoms with Crippen LogP contribution >= 0.6 is 0 Å². The molecule has 0 radical (unpaired) electrons. The van der Waals surface area contributed by atoms with E-state index in [2.05, 4.69) is 84.9 Å². The van der Waals surface area contributed by atoms with Crippen molar-refractivity contribution in [3.05, 3.63) is 75.5 Å². The molecule has 1 heterocycles. The molecule has 0 aliphatic carbocycles. The summed E-state index contributed by atoms with van der Waals surface area (Å²) in [5.74, 6) is 0. The predicted molar refractivity (Wildman–Crippen MR) is 108 cm³/mol. The highest BCUT2D eigenvalue weighted by Gasteiger charge is 2.17. The molecule has 0 aliphatic rings. The Morgan fingerprint density at radius 1 is 0.640 bits per heavy atom. The van der Waals surface area contributed by atoms with Crippen molar-refractivity contribution in [1.29, 1.82) is 0 Å². The third-order valence-electron chi connectivity index (χ3n) is 5.73. The van der Waals surface area contributed by atoms with Crippen LogP contribution in [-0.2, 0) is 0 Å². The van der Waals surface area contributed by atoms with Crippen molar-refractivity contribution < 1.29 is 0 Å². The lowest BCUT2D eigenvalue weighted by Gasteiger charge is -2.20. The Morgan fingerprint density at radius 2 is 1.28 bits per heavy atom. The molecule has 0 spiro atoms. The molecule has 3 aromatic rings. The van der Waals surface area contributed by atoms with Crippen LogP contribution in [0.15, 0.2) is 36.4 Å². The number of aromatic nitrogens is 1. The van der Waals surface area contributed by atoms with E-state index in [0.29, 0.717) is 0 Å². The van der Waals surface area contributed by atoms with Crippen LogP contribution in [0.25, 0.3) is 22.4 Å². The van der Waals surface area contributed by atoms with E-state index in [1.165, 1.54) is 50.1 Å². The highest BCUT2D eigenvalue weighted by molar-refractivity contribution is 5.82. The molecule has 1 nitrogen and oxygen atoms in total. The van der Waals surface area contributed by atoms with Crippen LogP contribution < -0.4 is 0 Å². The lowest BCUT2D eigenvalue weighted by molar-refractivity contribution is 1.09. The van der Waals surface area contributed by atoms with Gasteiger partial charge in [0, 0.05) is 11.3 Å². The Balaban J connectivity index is 2.35. The average molecular weight is 329 g/mol. The van der Waals surface area contributed by atoms with Gasteiger partial charge in [0.1, 0.15) is 0 Å². The first kappa shape index (κ1) is 17.4. The van der Waals surface area contributed by atoms with Gasteiger partial charge >= 0.3 is 0 Å². The van der Waals surface area contributed by atoms with Crippen molar-refractivity contribution in [2.45, 2.75) is 48.5 Å². The van der Waals surface area contributed by atoms with E-state index in [1.807, 2.05) is 0 Å². The van der Waals surface area contributed by atoms with Crippen LogP contribution in [-0.4, -0.2) is 4.98 Å². The molecule has 0 aliphatic heterocycles. The summed E-state index contributed by atoms with van der Waals surface area (Å²) in [6.07, 6.45) is 0. The fraction of sp³-hybridized carbons (Fsp3) is 0.292. The third-order valence-corrected chi connectivity index (χ3v) is 5.73. The Kier molecular flexibility index (Phi) is 4.51. The zero-order valence-electron chi connectivity index (χ0n) is 16.4. The SMILES string of the molecule is Cc1cc(-c2nc(C)c(C)c(C)c2C)c(C)c(-c2ccccc2)c1C. The topological polar surface area (TPSA) is 12.9 Å². The fourth-order valence-electron chi connectivity index (χ4n) is 3.66. The van der Waals surface area contributed by atoms with Crippen LogP contribution in [0.3, 0.4) is 0 Å². The van der Waals surface area contributed by atoms with Gasteiger partial charge in [0.15, 0.2) is 0 Å². The summed E-state index contributed by atoms with van der Waals surface area (Å²) < 4.78 is 0. The first-order valence-corrected chi connectivity index (χ1v) is 8.94. The van der Waals surface area contributed by atoms with E-state index >= 15 is 0 Å². The van der Waals surface area contributed by atoms with Crippen LogP contribution in [0.5, 0.6) is 0 Å². The van der Waals surface area contributed by atoms with Gasteiger partial charge in [-0.05, 0) is 99.0 Å². The second-order valence-corrected chi connectivity index (χ2v) is 7.15. The standard InChI is InChI=1S/C24H27N/c1-14-13-22(24-18(5)16(3)17(4)20(7)25-24)19(6)23(15(14)2)21-11-9-8-10-12-21/h8-13H,1-7H3. The molecular formula is C24H27N. The molecule has 2 aromatic carbocycles. The van der Waals surface area contributed by atoms with Gasteiger partial charge in [-0.3, -0.25) is 4.98 Å². The Bertz CT molecular complexity index is 950. The largest absolute Gasteiger partial charge is 0.253 e. The van der Waals surface area contributed by atoms with E-state index < -0.39 is 0 Å². The molecule has 0 atom stereocenters. The van der Waals surface area contributed by atoms with E-state index in [-0.39, 0.29) is 0 Å². The lowest BCUT2D eigenvalue weighted by Crippen LogP contribution is -2.02. The molecule has 0 bridgehead atoms. The summed E-state index contributed by atoms with van der Waals surface area (Å²) in [5.41, 5.74) is 14.0. The minimum absolute atomic E-state index is 1.12. The summed E-state index contributed by atoms with van der Waals surface area (Å²) in [6, 6.07) is 13.0. The van der Waals surface area contributed by atoms with Gasteiger partial charge in [-0.15, -0.1) is 0 Å². The third kappa shape index (κ3) is 2.89. The molecule has 0 saturated heterocycles. The molecule has 0 N–H and O–H groups in total. The van der Waals surface area contributed by atoms with Gasteiger partial charge in [-0.25, -0.2) is 0 Å². The summed E-state index contributed by atoms with van der Waals surface area (Å²) in [5, 5.41) is 0. The first-order chi connectivity index (χ1) is 11.8. The molecule has 0 amide bonds. The number of hydrogen-bond donors (Lipinski definition) is 0. The summed E-state index contributed by atoms with van der Waals surface area (Å²) in [7, 11) is 0. The number of nitrogens with zero attached hydrogens (tertiary/aromatic N) is 1. The maximum Gasteiger partial charge on any atom is 0.0740 e. The minimum atomic E-state index is 1.12. The molecule has 25 heavy (non-hydrogen) atoms. The van der Waals surface area contributed by atoms with Crippen molar-refractivity contribution >= 4 is 0 Å². The minimum Gasteiger partial charge on any atom is -0.253 e. The number of benzene rings is 2. The Hall–Kier alpha value is -2.41. The van der Waals surface area contributed by atoms with Crippen molar-refractivity contribution in [3.63, 3.8) is 0 Å². The van der Waals surface area contributed by atoms with E-state index in [9.17, 15) is 0 Å². The monoisotopic (exact) mass is 329 g/mol. The number of pyridine rings is 1. The molecule has 1 heteroatoms. The van der Waals surface area contributed by atoms with Gasteiger partial charge in [0.05, 0.1) is 5.69 Å². The number of hydrogen-bond acceptors (Lipinski definition) is 1. The van der Waals surface area contributed by atoms with E-state index in [4.69, 9.17) is 4.98 Å². The first-order valence-electron chi connectivity index (χ1n) is 8.94. The maximum absolute atomic E-state index is 4.97. The normalized spacial score (nSPS) is 11.0. The fourth-order valence-corrected chi connectivity index (χ4v) is 3.66. The summed E-state index contributed by atoms with van der Waals surface area (Å²) in [6.45, 7) is 15.3. The number of aryl methyl sites for hydroxylation is 2. The van der Waals surface area contributed by atoms with Crippen LogP contribution in [0, 0.1) is 48.5 Å². The molecule has 0 saturated carbocycles. The van der Waals surface area contributed by atoms with Crippen molar-refractivity contribution in [3.8, 4) is 22.4 Å². The van der Waals surface area contributed by atoms with Crippen LogP contribution in [0.4, 0.5) is 0 Å². The highest BCUT2D eigenvalue weighted by atomic mass is 14.7. The quantitative estimate of drug-likeness (QED) is 0.518. The molecule has 128 valence electrons.